The summed E-state index contributed by atoms with van der Waals surface area (Å²) in [5.74, 6) is 0. The van der Waals surface area contributed by atoms with Gasteiger partial charge in [-0.15, -0.1) is 0 Å². The number of nitrogens with one attached hydrogen (secondary N) is 1. The molecular weight excluding hydrogens is 234 g/mol. The van der Waals surface area contributed by atoms with Crippen molar-refractivity contribution in [2.45, 2.75) is 45.7 Å². The van der Waals surface area contributed by atoms with Crippen LogP contribution in [-0.4, -0.2) is 22.4 Å². The zero-order chi connectivity index (χ0) is 12.3. The molecule has 1 aliphatic carbocycles. The maximum Gasteiger partial charge on any atom is 0.0862 e. The molecule has 3 nitrogen and oxygen atoms in total. The van der Waals surface area contributed by atoms with Gasteiger partial charge in [-0.3, -0.25) is 4.68 Å². The van der Waals surface area contributed by atoms with Gasteiger partial charge >= 0.3 is 0 Å². The minimum absolute atomic E-state index is 0.746. The lowest BCUT2D eigenvalue weighted by atomic mass is 10.2. The third kappa shape index (κ3) is 3.33. The summed E-state index contributed by atoms with van der Waals surface area (Å²) in [4.78, 5) is 0. The van der Waals surface area contributed by atoms with Crippen LogP contribution < -0.4 is 5.32 Å². The minimum Gasteiger partial charge on any atom is -0.314 e. The molecule has 0 aliphatic heterocycles. The van der Waals surface area contributed by atoms with E-state index in [1.807, 2.05) is 4.68 Å². The van der Waals surface area contributed by atoms with E-state index in [1.165, 1.54) is 18.4 Å². The number of nitrogens with zero attached hydrogens (tertiary/aromatic N) is 2. The molecule has 0 atom stereocenters. The topological polar surface area (TPSA) is 29.9 Å². The van der Waals surface area contributed by atoms with Gasteiger partial charge in [0.2, 0.25) is 0 Å². The lowest BCUT2D eigenvalue weighted by Crippen LogP contribution is -2.16. The van der Waals surface area contributed by atoms with E-state index in [4.69, 9.17) is 11.6 Å². The SMILES string of the molecule is CCn1ncc(Cl)c1C(C)=CCCNC1CC1. The molecule has 0 radical (unpaired) electrons. The van der Waals surface area contributed by atoms with Crippen LogP contribution in [0.2, 0.25) is 5.02 Å². The molecule has 2 rings (SSSR count). The summed E-state index contributed by atoms with van der Waals surface area (Å²) >= 11 is 6.15. The van der Waals surface area contributed by atoms with Gasteiger partial charge in [-0.2, -0.15) is 5.10 Å². The van der Waals surface area contributed by atoms with Crippen molar-refractivity contribution in [2.75, 3.05) is 6.54 Å². The van der Waals surface area contributed by atoms with Crippen LogP contribution in [0.1, 0.15) is 38.8 Å². The number of aromatic nitrogens is 2. The van der Waals surface area contributed by atoms with Crippen LogP contribution in [0.4, 0.5) is 0 Å². The Balaban J connectivity index is 1.93. The summed E-state index contributed by atoms with van der Waals surface area (Å²) in [6, 6.07) is 0.786. The van der Waals surface area contributed by atoms with E-state index in [0.717, 1.165) is 36.3 Å². The normalized spacial score (nSPS) is 16.5. The molecule has 1 aliphatic rings. The molecule has 1 aromatic heterocycles. The van der Waals surface area contributed by atoms with Gasteiger partial charge < -0.3 is 5.32 Å². The number of rotatable bonds is 6. The Morgan fingerprint density at radius 1 is 1.65 bits per heavy atom. The highest BCUT2D eigenvalue weighted by Gasteiger charge is 2.19. The number of hydrogen-bond donors (Lipinski definition) is 1. The first-order valence-corrected chi connectivity index (χ1v) is 6.72. The summed E-state index contributed by atoms with van der Waals surface area (Å²) in [7, 11) is 0. The molecule has 1 N–H and O–H groups in total. The Morgan fingerprint density at radius 3 is 3.06 bits per heavy atom. The summed E-state index contributed by atoms with van der Waals surface area (Å²) in [6.45, 7) is 6.09. The van der Waals surface area contributed by atoms with Gasteiger partial charge in [0.05, 0.1) is 16.9 Å². The number of aryl methyl sites for hydroxylation is 1. The third-order valence-corrected chi connectivity index (χ3v) is 3.35. The third-order valence-electron chi connectivity index (χ3n) is 3.07. The standard InChI is InChI=1S/C13H20ClN3/c1-3-17-13(12(14)9-16-17)10(2)5-4-8-15-11-6-7-11/h5,9,11,15H,3-4,6-8H2,1-2H3. The summed E-state index contributed by atoms with van der Waals surface area (Å²) < 4.78 is 1.95. The molecule has 4 heteroatoms. The average Bonchev–Trinajstić information content (AvgIpc) is 3.06. The van der Waals surface area contributed by atoms with Gasteiger partial charge in [-0.1, -0.05) is 17.7 Å². The van der Waals surface area contributed by atoms with Crippen molar-refractivity contribution in [3.8, 4) is 0 Å². The second kappa shape index (κ2) is 5.69. The van der Waals surface area contributed by atoms with Gasteiger partial charge in [0, 0.05) is 12.6 Å². The van der Waals surface area contributed by atoms with E-state index in [0.29, 0.717) is 0 Å². The predicted molar refractivity (Wildman–Crippen MR) is 72.2 cm³/mol. The number of allylic oxidation sites excluding steroid dienone is 1. The molecule has 1 heterocycles. The minimum atomic E-state index is 0.746. The monoisotopic (exact) mass is 253 g/mol. The predicted octanol–water partition coefficient (Wildman–Crippen LogP) is 3.10. The maximum atomic E-state index is 6.15. The smallest absolute Gasteiger partial charge is 0.0862 e. The van der Waals surface area contributed by atoms with Gasteiger partial charge in [-0.05, 0) is 45.2 Å². The van der Waals surface area contributed by atoms with Crippen molar-refractivity contribution >= 4 is 17.2 Å². The van der Waals surface area contributed by atoms with E-state index in [2.05, 4.69) is 30.3 Å². The second-order valence-electron chi connectivity index (χ2n) is 4.56. The molecule has 94 valence electrons. The zero-order valence-corrected chi connectivity index (χ0v) is 11.3. The largest absolute Gasteiger partial charge is 0.314 e. The fraction of sp³-hybridized carbons (Fsp3) is 0.615. The highest BCUT2D eigenvalue weighted by Crippen LogP contribution is 2.23. The van der Waals surface area contributed by atoms with E-state index in [9.17, 15) is 0 Å². The summed E-state index contributed by atoms with van der Waals surface area (Å²) in [5, 5.41) is 8.50. The van der Waals surface area contributed by atoms with Gasteiger partial charge in [0.25, 0.3) is 0 Å². The first-order chi connectivity index (χ1) is 8.22. The quantitative estimate of drug-likeness (QED) is 0.790. The molecule has 1 saturated carbocycles. The van der Waals surface area contributed by atoms with Gasteiger partial charge in [-0.25, -0.2) is 0 Å². The molecule has 0 spiro atoms. The highest BCUT2D eigenvalue weighted by atomic mass is 35.5. The number of hydrogen-bond acceptors (Lipinski definition) is 2. The van der Waals surface area contributed by atoms with Crippen LogP contribution in [-0.2, 0) is 6.54 Å². The fourth-order valence-corrected chi connectivity index (χ4v) is 2.24. The van der Waals surface area contributed by atoms with E-state index >= 15 is 0 Å². The molecule has 0 unspecified atom stereocenters. The Bertz CT molecular complexity index is 405. The van der Waals surface area contributed by atoms with Gasteiger partial charge in [0.15, 0.2) is 0 Å². The molecule has 0 saturated heterocycles. The Kier molecular flexibility index (Phi) is 4.24. The van der Waals surface area contributed by atoms with E-state index < -0.39 is 0 Å². The molecule has 1 aromatic rings. The zero-order valence-electron chi connectivity index (χ0n) is 10.5. The van der Waals surface area contributed by atoms with E-state index in [1.54, 1.807) is 6.20 Å². The van der Waals surface area contributed by atoms with Crippen molar-refractivity contribution < 1.29 is 0 Å². The first kappa shape index (κ1) is 12.7. The highest BCUT2D eigenvalue weighted by molar-refractivity contribution is 6.32. The van der Waals surface area contributed by atoms with E-state index in [-0.39, 0.29) is 0 Å². The number of halogens is 1. The first-order valence-electron chi connectivity index (χ1n) is 6.34. The molecule has 0 aromatic carbocycles. The average molecular weight is 254 g/mol. The summed E-state index contributed by atoms with van der Waals surface area (Å²) in [5.41, 5.74) is 2.27. The van der Waals surface area contributed by atoms with Crippen molar-refractivity contribution in [1.82, 2.24) is 15.1 Å². The fourth-order valence-electron chi connectivity index (χ4n) is 1.95. The van der Waals surface area contributed by atoms with Crippen LogP contribution in [0.3, 0.4) is 0 Å². The van der Waals surface area contributed by atoms with Crippen molar-refractivity contribution in [2.24, 2.45) is 0 Å². The molecule has 0 amide bonds. The lowest BCUT2D eigenvalue weighted by Gasteiger charge is -2.06. The van der Waals surface area contributed by atoms with Crippen LogP contribution in [0.5, 0.6) is 0 Å². The molecular formula is C13H20ClN3. The van der Waals surface area contributed by atoms with Crippen molar-refractivity contribution in [1.29, 1.82) is 0 Å². The Hall–Kier alpha value is -0.800. The van der Waals surface area contributed by atoms with Crippen LogP contribution in [0.15, 0.2) is 12.3 Å². The van der Waals surface area contributed by atoms with Crippen molar-refractivity contribution in [3.63, 3.8) is 0 Å². The molecule has 17 heavy (non-hydrogen) atoms. The Morgan fingerprint density at radius 2 is 2.41 bits per heavy atom. The Labute approximate surface area is 108 Å². The lowest BCUT2D eigenvalue weighted by molar-refractivity contribution is 0.650. The van der Waals surface area contributed by atoms with Crippen LogP contribution in [0.25, 0.3) is 5.57 Å². The maximum absolute atomic E-state index is 6.15. The summed E-state index contributed by atoms with van der Waals surface area (Å²) in [6.07, 6.45) is 7.70. The van der Waals surface area contributed by atoms with Crippen LogP contribution in [0, 0.1) is 0 Å². The van der Waals surface area contributed by atoms with Gasteiger partial charge in [0.1, 0.15) is 0 Å². The second-order valence-corrected chi connectivity index (χ2v) is 4.97. The van der Waals surface area contributed by atoms with Crippen molar-refractivity contribution in [3.05, 3.63) is 23.0 Å². The molecule has 1 fully saturated rings. The van der Waals surface area contributed by atoms with Crippen LogP contribution >= 0.6 is 11.6 Å². The molecule has 0 bridgehead atoms.